The Morgan fingerprint density at radius 2 is 1.08 bits per heavy atom. The molecule has 3 aliphatic rings. The second kappa shape index (κ2) is 9.66. The van der Waals surface area contributed by atoms with Crippen LogP contribution in [0.5, 0.6) is 0 Å². The van der Waals surface area contributed by atoms with Crippen molar-refractivity contribution in [2.45, 2.75) is 97.0 Å². The molecule has 3 saturated carbocycles. The van der Waals surface area contributed by atoms with E-state index >= 15 is 0 Å². The highest BCUT2D eigenvalue weighted by Gasteiger charge is 2.35. The first-order valence-corrected chi connectivity index (χ1v) is 11.2. The van der Waals surface area contributed by atoms with E-state index in [1.807, 2.05) is 0 Å². The molecule has 0 N–H and O–H groups in total. The van der Waals surface area contributed by atoms with E-state index in [9.17, 15) is 8.78 Å². The van der Waals surface area contributed by atoms with Crippen molar-refractivity contribution in [1.82, 2.24) is 0 Å². The van der Waals surface area contributed by atoms with Gasteiger partial charge in [0, 0.05) is 12.5 Å². The summed E-state index contributed by atoms with van der Waals surface area (Å²) < 4.78 is 32.7. The van der Waals surface area contributed by atoms with E-state index in [-0.39, 0.29) is 5.92 Å². The standard InChI is InChI=1S/C23H38F2O/c1-3-26-22-14-12-20(13-15-22)18-6-4-17(5-7-18)19-8-10-21(11-9-19)23(25)16(2)24/h17-22H,3-15H2,1-2H3/b23-16+. The number of hydrogen-bond donors (Lipinski definition) is 0. The van der Waals surface area contributed by atoms with Crippen LogP contribution in [0.15, 0.2) is 11.7 Å². The average Bonchev–Trinajstić information content (AvgIpc) is 2.68. The quantitative estimate of drug-likeness (QED) is 0.492. The molecular weight excluding hydrogens is 330 g/mol. The Balaban J connectivity index is 1.39. The molecule has 0 atom stereocenters. The van der Waals surface area contributed by atoms with Crippen molar-refractivity contribution >= 4 is 0 Å². The predicted octanol–water partition coefficient (Wildman–Crippen LogP) is 7.37. The van der Waals surface area contributed by atoms with Crippen molar-refractivity contribution in [3.05, 3.63) is 11.7 Å². The number of halogens is 2. The van der Waals surface area contributed by atoms with Gasteiger partial charge in [0.2, 0.25) is 0 Å². The van der Waals surface area contributed by atoms with Gasteiger partial charge in [0.1, 0.15) is 11.7 Å². The van der Waals surface area contributed by atoms with Gasteiger partial charge in [0.05, 0.1) is 6.10 Å². The maximum absolute atomic E-state index is 13.8. The maximum atomic E-state index is 13.8. The molecule has 0 bridgehead atoms. The molecule has 26 heavy (non-hydrogen) atoms. The van der Waals surface area contributed by atoms with E-state index in [0.717, 1.165) is 56.0 Å². The molecule has 0 unspecified atom stereocenters. The van der Waals surface area contributed by atoms with E-state index in [2.05, 4.69) is 6.92 Å². The number of ether oxygens (including phenoxy) is 1. The Hall–Kier alpha value is -0.440. The first kappa shape index (κ1) is 20.3. The molecule has 3 fully saturated rings. The van der Waals surface area contributed by atoms with E-state index in [1.54, 1.807) is 0 Å². The average molecular weight is 369 g/mol. The summed E-state index contributed by atoms with van der Waals surface area (Å²) in [4.78, 5) is 0. The minimum Gasteiger partial charge on any atom is -0.379 e. The molecule has 3 aliphatic carbocycles. The van der Waals surface area contributed by atoms with Crippen LogP contribution in [-0.2, 0) is 4.74 Å². The molecule has 0 amide bonds. The molecule has 3 rings (SSSR count). The lowest BCUT2D eigenvalue weighted by Crippen LogP contribution is -2.31. The zero-order valence-corrected chi connectivity index (χ0v) is 16.8. The zero-order valence-electron chi connectivity index (χ0n) is 16.8. The van der Waals surface area contributed by atoms with Gasteiger partial charge < -0.3 is 4.74 Å². The number of rotatable bonds is 5. The lowest BCUT2D eigenvalue weighted by molar-refractivity contribution is 0.0117. The van der Waals surface area contributed by atoms with Crippen molar-refractivity contribution in [2.75, 3.05) is 6.61 Å². The second-order valence-corrected chi connectivity index (χ2v) is 9.16. The summed E-state index contributed by atoms with van der Waals surface area (Å²) in [7, 11) is 0. The topological polar surface area (TPSA) is 9.23 Å². The molecular formula is C23H38F2O. The minimum absolute atomic E-state index is 0.145. The molecule has 0 aromatic heterocycles. The van der Waals surface area contributed by atoms with Gasteiger partial charge in [-0.25, -0.2) is 8.78 Å². The Labute approximate surface area is 159 Å². The minimum atomic E-state index is -0.604. The second-order valence-electron chi connectivity index (χ2n) is 9.16. The largest absolute Gasteiger partial charge is 0.379 e. The first-order chi connectivity index (χ1) is 12.6. The highest BCUT2D eigenvalue weighted by Crippen LogP contribution is 2.46. The van der Waals surface area contributed by atoms with Crippen molar-refractivity contribution in [3.63, 3.8) is 0 Å². The highest BCUT2D eigenvalue weighted by molar-refractivity contribution is 5.03. The van der Waals surface area contributed by atoms with Crippen LogP contribution in [0.2, 0.25) is 0 Å². The Morgan fingerprint density at radius 3 is 1.46 bits per heavy atom. The molecule has 3 heteroatoms. The number of allylic oxidation sites excluding steroid dienone is 2. The van der Waals surface area contributed by atoms with Crippen LogP contribution in [0.1, 0.15) is 90.9 Å². The van der Waals surface area contributed by atoms with Crippen molar-refractivity contribution < 1.29 is 13.5 Å². The van der Waals surface area contributed by atoms with Gasteiger partial charge in [-0.3, -0.25) is 0 Å². The molecule has 1 nitrogen and oxygen atoms in total. The van der Waals surface area contributed by atoms with Crippen LogP contribution in [-0.4, -0.2) is 12.7 Å². The van der Waals surface area contributed by atoms with Crippen LogP contribution in [0, 0.1) is 29.6 Å². The summed E-state index contributed by atoms with van der Waals surface area (Å²) >= 11 is 0. The van der Waals surface area contributed by atoms with Gasteiger partial charge >= 0.3 is 0 Å². The molecule has 0 saturated heterocycles. The summed E-state index contributed by atoms with van der Waals surface area (Å²) in [5.41, 5.74) is 0. The van der Waals surface area contributed by atoms with Crippen molar-refractivity contribution in [3.8, 4) is 0 Å². The molecule has 0 spiro atoms. The summed E-state index contributed by atoms with van der Waals surface area (Å²) in [5, 5.41) is 0. The van der Waals surface area contributed by atoms with Gasteiger partial charge in [0.15, 0.2) is 0 Å². The number of hydrogen-bond acceptors (Lipinski definition) is 1. The molecule has 0 radical (unpaired) electrons. The predicted molar refractivity (Wildman–Crippen MR) is 103 cm³/mol. The summed E-state index contributed by atoms with van der Waals surface area (Å²) in [6, 6.07) is 0. The summed E-state index contributed by atoms with van der Waals surface area (Å²) in [6.45, 7) is 4.21. The molecule has 0 heterocycles. The van der Waals surface area contributed by atoms with Crippen molar-refractivity contribution in [2.24, 2.45) is 29.6 Å². The smallest absolute Gasteiger partial charge is 0.134 e. The third-order valence-corrected chi connectivity index (χ3v) is 7.73. The van der Waals surface area contributed by atoms with Gasteiger partial charge in [-0.2, -0.15) is 0 Å². The fraction of sp³-hybridized carbons (Fsp3) is 0.913. The lowest BCUT2D eigenvalue weighted by Gasteiger charge is -2.41. The van der Waals surface area contributed by atoms with Gasteiger partial charge in [0.25, 0.3) is 0 Å². The molecule has 0 aromatic rings. The Kier molecular flexibility index (Phi) is 7.54. The maximum Gasteiger partial charge on any atom is 0.134 e. The first-order valence-electron chi connectivity index (χ1n) is 11.2. The van der Waals surface area contributed by atoms with Crippen LogP contribution >= 0.6 is 0 Å². The molecule has 0 aromatic carbocycles. The van der Waals surface area contributed by atoms with Gasteiger partial charge in [-0.15, -0.1) is 0 Å². The summed E-state index contributed by atoms with van der Waals surface area (Å²) in [6.07, 6.45) is 15.2. The SMILES string of the molecule is CCOC1CCC(C2CCC(C3CCC(/C(F)=C(/C)F)CC3)CC2)CC1. The van der Waals surface area contributed by atoms with Crippen LogP contribution < -0.4 is 0 Å². The third kappa shape index (κ3) is 5.09. The van der Waals surface area contributed by atoms with E-state index in [4.69, 9.17) is 4.74 Å². The van der Waals surface area contributed by atoms with E-state index in [1.165, 1.54) is 58.3 Å². The van der Waals surface area contributed by atoms with Crippen LogP contribution in [0.25, 0.3) is 0 Å². The summed E-state index contributed by atoms with van der Waals surface area (Å²) in [5.74, 6) is 2.23. The Morgan fingerprint density at radius 1 is 0.692 bits per heavy atom. The van der Waals surface area contributed by atoms with Crippen LogP contribution in [0.4, 0.5) is 8.78 Å². The molecule has 150 valence electrons. The lowest BCUT2D eigenvalue weighted by atomic mass is 9.65. The van der Waals surface area contributed by atoms with E-state index < -0.39 is 11.7 Å². The highest BCUT2D eigenvalue weighted by atomic mass is 19.2. The zero-order chi connectivity index (χ0) is 18.5. The van der Waals surface area contributed by atoms with Gasteiger partial charge in [-0.05, 0) is 115 Å². The van der Waals surface area contributed by atoms with Crippen LogP contribution in [0.3, 0.4) is 0 Å². The third-order valence-electron chi connectivity index (χ3n) is 7.73. The van der Waals surface area contributed by atoms with E-state index in [0.29, 0.717) is 6.10 Å². The molecule has 0 aliphatic heterocycles. The van der Waals surface area contributed by atoms with Crippen molar-refractivity contribution in [1.29, 1.82) is 0 Å². The fourth-order valence-corrected chi connectivity index (χ4v) is 6.18. The normalized spacial score (nSPS) is 40.2. The monoisotopic (exact) mass is 368 g/mol. The fourth-order valence-electron chi connectivity index (χ4n) is 6.18. The van der Waals surface area contributed by atoms with Gasteiger partial charge in [-0.1, -0.05) is 0 Å². The Bertz CT molecular complexity index is 447.